The van der Waals surface area contributed by atoms with E-state index in [2.05, 4.69) is 15.5 Å². The Bertz CT molecular complexity index is 758. The van der Waals surface area contributed by atoms with Crippen molar-refractivity contribution >= 4 is 11.7 Å². The van der Waals surface area contributed by atoms with Crippen LogP contribution in [0.4, 0.5) is 19.0 Å². The van der Waals surface area contributed by atoms with E-state index >= 15 is 0 Å². The lowest BCUT2D eigenvalue weighted by Gasteiger charge is -2.23. The quantitative estimate of drug-likeness (QED) is 0.877. The van der Waals surface area contributed by atoms with Crippen molar-refractivity contribution < 1.29 is 18.0 Å². The minimum atomic E-state index is -4.44. The summed E-state index contributed by atoms with van der Waals surface area (Å²) in [4.78, 5) is 14.2. The molecule has 2 aromatic rings. The molecule has 1 aromatic carbocycles. The zero-order chi connectivity index (χ0) is 19.5. The van der Waals surface area contributed by atoms with E-state index in [1.165, 1.54) is 12.1 Å². The van der Waals surface area contributed by atoms with Crippen LogP contribution in [-0.2, 0) is 6.18 Å². The monoisotopic (exact) mass is 366 g/mol. The molecule has 1 amide bonds. The number of hydrogen-bond donors (Lipinski definition) is 1. The molecule has 0 fully saturated rings. The lowest BCUT2D eigenvalue weighted by atomic mass is 9.94. The Morgan fingerprint density at radius 2 is 1.81 bits per heavy atom. The number of nitrogens with zero attached hydrogens (tertiary/aromatic N) is 3. The SMILES string of the molecule is CC(C)C(NC(=O)c1ccc(N(C)C)nn1)c1cccc(C(F)(F)F)c1. The van der Waals surface area contributed by atoms with Gasteiger partial charge in [0.15, 0.2) is 11.5 Å². The van der Waals surface area contributed by atoms with Crippen LogP contribution in [0.25, 0.3) is 0 Å². The van der Waals surface area contributed by atoms with Gasteiger partial charge in [0.1, 0.15) is 0 Å². The lowest BCUT2D eigenvalue weighted by molar-refractivity contribution is -0.137. The number of nitrogens with one attached hydrogen (secondary N) is 1. The van der Waals surface area contributed by atoms with Gasteiger partial charge in [0.25, 0.3) is 5.91 Å². The number of benzene rings is 1. The first-order valence-corrected chi connectivity index (χ1v) is 8.08. The smallest absolute Gasteiger partial charge is 0.361 e. The molecule has 0 aliphatic carbocycles. The Labute approximate surface area is 150 Å². The fraction of sp³-hybridized carbons (Fsp3) is 0.389. The van der Waals surface area contributed by atoms with E-state index in [4.69, 9.17) is 0 Å². The van der Waals surface area contributed by atoms with E-state index in [1.807, 2.05) is 13.8 Å². The average Bonchev–Trinajstić information content (AvgIpc) is 2.58. The van der Waals surface area contributed by atoms with E-state index in [-0.39, 0.29) is 11.6 Å². The highest BCUT2D eigenvalue weighted by atomic mass is 19.4. The molecule has 0 aliphatic heterocycles. The van der Waals surface area contributed by atoms with Crippen LogP contribution in [0.15, 0.2) is 36.4 Å². The molecule has 0 bridgehead atoms. The maximum absolute atomic E-state index is 13.0. The average molecular weight is 366 g/mol. The van der Waals surface area contributed by atoms with Gasteiger partial charge in [-0.2, -0.15) is 13.2 Å². The normalized spacial score (nSPS) is 12.8. The number of carbonyl (C=O) groups excluding carboxylic acids is 1. The summed E-state index contributed by atoms with van der Waals surface area (Å²) in [5.41, 5.74) is -0.251. The Morgan fingerprint density at radius 3 is 2.31 bits per heavy atom. The highest BCUT2D eigenvalue weighted by Gasteiger charge is 2.31. The van der Waals surface area contributed by atoms with Gasteiger partial charge < -0.3 is 10.2 Å². The predicted octanol–water partition coefficient (Wildman–Crippen LogP) is 3.69. The zero-order valence-corrected chi connectivity index (χ0v) is 15.0. The summed E-state index contributed by atoms with van der Waals surface area (Å²) in [5, 5.41) is 10.6. The standard InChI is InChI=1S/C18H21F3N4O/c1-11(2)16(12-6-5-7-13(10-12)18(19,20)21)22-17(26)14-8-9-15(24-23-14)25(3)4/h5-11,16H,1-4H3,(H,22,26). The molecule has 0 aliphatic rings. The van der Waals surface area contributed by atoms with Crippen molar-refractivity contribution in [3.8, 4) is 0 Å². The van der Waals surface area contributed by atoms with Crippen molar-refractivity contribution in [3.63, 3.8) is 0 Å². The van der Waals surface area contributed by atoms with Gasteiger partial charge in [0, 0.05) is 14.1 Å². The molecule has 1 aromatic heterocycles. The molecule has 0 spiro atoms. The van der Waals surface area contributed by atoms with Gasteiger partial charge in [-0.3, -0.25) is 4.79 Å². The second-order valence-corrected chi connectivity index (χ2v) is 6.49. The first kappa shape index (κ1) is 19.7. The Balaban J connectivity index is 2.24. The molecule has 140 valence electrons. The summed E-state index contributed by atoms with van der Waals surface area (Å²) in [6.07, 6.45) is -4.44. The number of aromatic nitrogens is 2. The minimum absolute atomic E-state index is 0.105. The van der Waals surface area contributed by atoms with Crippen LogP contribution >= 0.6 is 0 Å². The van der Waals surface area contributed by atoms with Gasteiger partial charge in [-0.15, -0.1) is 10.2 Å². The van der Waals surface area contributed by atoms with Crippen molar-refractivity contribution in [3.05, 3.63) is 53.2 Å². The van der Waals surface area contributed by atoms with Crippen LogP contribution < -0.4 is 10.2 Å². The number of halogens is 3. The number of anilines is 1. The van der Waals surface area contributed by atoms with Crippen LogP contribution in [0.3, 0.4) is 0 Å². The van der Waals surface area contributed by atoms with Gasteiger partial charge in [-0.25, -0.2) is 0 Å². The molecule has 0 radical (unpaired) electrons. The first-order chi connectivity index (χ1) is 12.1. The maximum Gasteiger partial charge on any atom is 0.416 e. The minimum Gasteiger partial charge on any atom is -0.361 e. The summed E-state index contributed by atoms with van der Waals surface area (Å²) in [7, 11) is 3.60. The first-order valence-electron chi connectivity index (χ1n) is 8.08. The molecule has 0 saturated heterocycles. The molecule has 1 unspecified atom stereocenters. The van der Waals surface area contributed by atoms with E-state index in [1.54, 1.807) is 31.1 Å². The molecule has 26 heavy (non-hydrogen) atoms. The summed E-state index contributed by atoms with van der Waals surface area (Å²) in [6, 6.07) is 7.57. The van der Waals surface area contributed by atoms with Crippen molar-refractivity contribution in [2.75, 3.05) is 19.0 Å². The summed E-state index contributed by atoms with van der Waals surface area (Å²) < 4.78 is 38.9. The van der Waals surface area contributed by atoms with Crippen molar-refractivity contribution in [1.82, 2.24) is 15.5 Å². The van der Waals surface area contributed by atoms with Gasteiger partial charge >= 0.3 is 6.18 Å². The third-order valence-electron chi connectivity index (χ3n) is 3.87. The third kappa shape index (κ3) is 4.71. The van der Waals surface area contributed by atoms with Crippen molar-refractivity contribution in [2.24, 2.45) is 5.92 Å². The predicted molar refractivity (Wildman–Crippen MR) is 92.8 cm³/mol. The van der Waals surface area contributed by atoms with Crippen LogP contribution in [-0.4, -0.2) is 30.2 Å². The number of rotatable bonds is 5. The Morgan fingerprint density at radius 1 is 1.12 bits per heavy atom. The third-order valence-corrected chi connectivity index (χ3v) is 3.87. The van der Waals surface area contributed by atoms with Gasteiger partial charge in [-0.05, 0) is 35.7 Å². The summed E-state index contributed by atoms with van der Waals surface area (Å²) >= 11 is 0. The van der Waals surface area contributed by atoms with E-state index in [9.17, 15) is 18.0 Å². The Kier molecular flexibility index (Phi) is 5.84. The van der Waals surface area contributed by atoms with Gasteiger partial charge in [0.2, 0.25) is 0 Å². The number of carbonyl (C=O) groups is 1. The zero-order valence-electron chi connectivity index (χ0n) is 15.0. The van der Waals surface area contributed by atoms with E-state index in [0.29, 0.717) is 11.4 Å². The van der Waals surface area contributed by atoms with E-state index in [0.717, 1.165) is 12.1 Å². The molecular weight excluding hydrogens is 345 g/mol. The van der Waals surface area contributed by atoms with Crippen LogP contribution in [0.5, 0.6) is 0 Å². The van der Waals surface area contributed by atoms with Crippen LogP contribution in [0, 0.1) is 5.92 Å². The number of hydrogen-bond acceptors (Lipinski definition) is 4. The lowest BCUT2D eigenvalue weighted by Crippen LogP contribution is -2.32. The largest absolute Gasteiger partial charge is 0.416 e. The Hall–Kier alpha value is -2.64. The summed E-state index contributed by atoms with van der Waals surface area (Å²) in [5.74, 6) is -0.00445. The van der Waals surface area contributed by atoms with Crippen molar-refractivity contribution in [1.29, 1.82) is 0 Å². The highest BCUT2D eigenvalue weighted by molar-refractivity contribution is 5.92. The second kappa shape index (κ2) is 7.72. The molecular formula is C18H21F3N4O. The maximum atomic E-state index is 13.0. The van der Waals surface area contributed by atoms with Gasteiger partial charge in [0.05, 0.1) is 11.6 Å². The molecule has 1 N–H and O–H groups in total. The fourth-order valence-corrected chi connectivity index (χ4v) is 2.44. The van der Waals surface area contributed by atoms with Gasteiger partial charge in [-0.1, -0.05) is 26.0 Å². The van der Waals surface area contributed by atoms with E-state index < -0.39 is 23.7 Å². The van der Waals surface area contributed by atoms with Crippen molar-refractivity contribution in [2.45, 2.75) is 26.1 Å². The molecule has 1 atom stereocenters. The molecule has 2 rings (SSSR count). The number of amides is 1. The molecule has 1 heterocycles. The number of alkyl halides is 3. The summed E-state index contributed by atoms with van der Waals surface area (Å²) in [6.45, 7) is 3.65. The highest BCUT2D eigenvalue weighted by Crippen LogP contribution is 2.32. The second-order valence-electron chi connectivity index (χ2n) is 6.49. The molecule has 8 heteroatoms. The molecule has 0 saturated carbocycles. The van der Waals surface area contributed by atoms with Crippen LogP contribution in [0.1, 0.15) is 41.5 Å². The topological polar surface area (TPSA) is 58.1 Å². The fourth-order valence-electron chi connectivity index (χ4n) is 2.44. The van der Waals surface area contributed by atoms with Crippen LogP contribution in [0.2, 0.25) is 0 Å². The molecule has 5 nitrogen and oxygen atoms in total.